The molecule has 106 valence electrons. The van der Waals surface area contributed by atoms with Gasteiger partial charge in [0, 0.05) is 0 Å². The Balaban J connectivity index is 2.34. The van der Waals surface area contributed by atoms with Gasteiger partial charge in [-0.05, 0) is 61.9 Å². The number of nitrogens with one attached hydrogen (secondary N) is 1. The van der Waals surface area contributed by atoms with Gasteiger partial charge in [-0.25, -0.2) is 0 Å². The van der Waals surface area contributed by atoms with Gasteiger partial charge in [-0.15, -0.1) is 0 Å². The summed E-state index contributed by atoms with van der Waals surface area (Å²) >= 11 is 0. The number of hydrogen-bond acceptors (Lipinski definition) is 2. The Hall–Kier alpha value is -1.64. The summed E-state index contributed by atoms with van der Waals surface area (Å²) in [7, 11) is 0. The molecule has 0 bridgehead atoms. The van der Waals surface area contributed by atoms with Crippen molar-refractivity contribution in [3.8, 4) is 0 Å². The maximum Gasteiger partial charge on any atom is 0.0503 e. The summed E-state index contributed by atoms with van der Waals surface area (Å²) in [5.41, 5.74) is 10.9. The van der Waals surface area contributed by atoms with E-state index in [1.54, 1.807) is 0 Å². The largest absolute Gasteiger partial charge is 0.271 e. The van der Waals surface area contributed by atoms with Gasteiger partial charge in [-0.2, -0.15) is 0 Å². The van der Waals surface area contributed by atoms with Gasteiger partial charge in [0.05, 0.1) is 6.04 Å². The zero-order valence-corrected chi connectivity index (χ0v) is 12.8. The lowest BCUT2D eigenvalue weighted by Gasteiger charge is -2.21. The van der Waals surface area contributed by atoms with Crippen molar-refractivity contribution in [3.63, 3.8) is 0 Å². The topological polar surface area (TPSA) is 38.0 Å². The highest BCUT2D eigenvalue weighted by Crippen LogP contribution is 2.25. The van der Waals surface area contributed by atoms with Gasteiger partial charge >= 0.3 is 0 Å². The Morgan fingerprint density at radius 1 is 1.00 bits per heavy atom. The van der Waals surface area contributed by atoms with Crippen LogP contribution in [0.3, 0.4) is 0 Å². The van der Waals surface area contributed by atoms with E-state index in [1.165, 1.54) is 33.4 Å². The van der Waals surface area contributed by atoms with E-state index in [-0.39, 0.29) is 6.04 Å². The highest BCUT2D eigenvalue weighted by atomic mass is 15.2. The molecule has 0 radical (unpaired) electrons. The Bertz CT molecular complexity index is 602. The molecule has 2 rings (SSSR count). The number of nitrogens with two attached hydrogens (primary N) is 1. The Morgan fingerprint density at radius 2 is 1.75 bits per heavy atom. The van der Waals surface area contributed by atoms with Crippen LogP contribution < -0.4 is 11.3 Å². The molecule has 1 atom stereocenters. The molecule has 0 aliphatic heterocycles. The van der Waals surface area contributed by atoms with Crippen LogP contribution in [0, 0.1) is 27.7 Å². The van der Waals surface area contributed by atoms with Gasteiger partial charge in [0.1, 0.15) is 0 Å². The summed E-state index contributed by atoms with van der Waals surface area (Å²) in [5.74, 6) is 5.81. The molecule has 0 amide bonds. The molecule has 2 aromatic carbocycles. The molecule has 0 aromatic heterocycles. The molecule has 1 unspecified atom stereocenters. The van der Waals surface area contributed by atoms with Gasteiger partial charge < -0.3 is 0 Å². The van der Waals surface area contributed by atoms with E-state index in [0.29, 0.717) is 0 Å². The molecule has 0 fully saturated rings. The molecule has 0 aliphatic rings. The van der Waals surface area contributed by atoms with Crippen LogP contribution in [0.2, 0.25) is 0 Å². The van der Waals surface area contributed by atoms with Crippen molar-refractivity contribution in [2.75, 3.05) is 0 Å². The molecule has 0 spiro atoms. The lowest BCUT2D eigenvalue weighted by Crippen LogP contribution is -2.30. The van der Waals surface area contributed by atoms with Crippen LogP contribution in [-0.2, 0) is 6.42 Å². The molecule has 2 heteroatoms. The van der Waals surface area contributed by atoms with E-state index in [0.717, 1.165) is 6.42 Å². The van der Waals surface area contributed by atoms with E-state index in [4.69, 9.17) is 5.84 Å². The first-order valence-corrected chi connectivity index (χ1v) is 7.11. The second-order valence-corrected chi connectivity index (χ2v) is 5.64. The average Bonchev–Trinajstić information content (AvgIpc) is 2.43. The second kappa shape index (κ2) is 6.21. The third-order valence-corrected chi connectivity index (χ3v) is 4.15. The molecule has 20 heavy (non-hydrogen) atoms. The molecular formula is C18H24N2. The van der Waals surface area contributed by atoms with Crippen molar-refractivity contribution in [1.82, 2.24) is 5.43 Å². The lowest BCUT2D eigenvalue weighted by atomic mass is 9.91. The Labute approximate surface area is 122 Å². The van der Waals surface area contributed by atoms with Crippen LogP contribution in [-0.4, -0.2) is 0 Å². The normalized spacial score (nSPS) is 12.4. The van der Waals surface area contributed by atoms with Crippen LogP contribution in [0.4, 0.5) is 0 Å². The number of hydrazine groups is 1. The number of rotatable bonds is 4. The summed E-state index contributed by atoms with van der Waals surface area (Å²) in [4.78, 5) is 0. The van der Waals surface area contributed by atoms with Crippen molar-refractivity contribution in [2.45, 2.75) is 40.2 Å². The molecule has 2 aromatic rings. The zero-order valence-electron chi connectivity index (χ0n) is 12.8. The Morgan fingerprint density at radius 3 is 2.45 bits per heavy atom. The zero-order chi connectivity index (χ0) is 14.7. The van der Waals surface area contributed by atoms with Crippen molar-refractivity contribution in [1.29, 1.82) is 0 Å². The Kier molecular flexibility index (Phi) is 4.58. The quantitative estimate of drug-likeness (QED) is 0.656. The molecule has 0 aliphatic carbocycles. The van der Waals surface area contributed by atoms with Crippen molar-refractivity contribution in [2.24, 2.45) is 5.84 Å². The van der Waals surface area contributed by atoms with Crippen molar-refractivity contribution < 1.29 is 0 Å². The third kappa shape index (κ3) is 3.09. The monoisotopic (exact) mass is 268 g/mol. The van der Waals surface area contributed by atoms with Crippen LogP contribution in [0.1, 0.15) is 39.4 Å². The first-order valence-electron chi connectivity index (χ1n) is 7.11. The second-order valence-electron chi connectivity index (χ2n) is 5.64. The summed E-state index contributed by atoms with van der Waals surface area (Å²) in [5, 5.41) is 0. The fourth-order valence-corrected chi connectivity index (χ4v) is 2.65. The number of hydrogen-bond donors (Lipinski definition) is 2. The SMILES string of the molecule is Cc1ccc(C)c(CC(NN)c2cccc(C)c2C)c1. The summed E-state index contributed by atoms with van der Waals surface area (Å²) in [6.45, 7) is 8.60. The van der Waals surface area contributed by atoms with Crippen LogP contribution in [0.25, 0.3) is 0 Å². The average molecular weight is 268 g/mol. The van der Waals surface area contributed by atoms with Crippen LogP contribution >= 0.6 is 0 Å². The fourth-order valence-electron chi connectivity index (χ4n) is 2.65. The van der Waals surface area contributed by atoms with Crippen LogP contribution in [0.15, 0.2) is 36.4 Å². The fraction of sp³-hybridized carbons (Fsp3) is 0.333. The standard InChI is InChI=1S/C18H24N2/c1-12-8-9-14(3)16(10-12)11-18(20-19)17-7-5-6-13(2)15(17)4/h5-10,18,20H,11,19H2,1-4H3. The predicted molar refractivity (Wildman–Crippen MR) is 85.6 cm³/mol. The first kappa shape index (κ1) is 14.8. The van der Waals surface area contributed by atoms with Gasteiger partial charge in [0.25, 0.3) is 0 Å². The highest BCUT2D eigenvalue weighted by molar-refractivity contribution is 5.38. The van der Waals surface area contributed by atoms with Crippen molar-refractivity contribution in [3.05, 3.63) is 69.8 Å². The third-order valence-electron chi connectivity index (χ3n) is 4.15. The van der Waals surface area contributed by atoms with E-state index < -0.39 is 0 Å². The van der Waals surface area contributed by atoms with Crippen molar-refractivity contribution >= 4 is 0 Å². The minimum atomic E-state index is 0.149. The number of benzene rings is 2. The molecule has 2 nitrogen and oxygen atoms in total. The molecule has 0 saturated heterocycles. The molecule has 0 heterocycles. The molecular weight excluding hydrogens is 244 g/mol. The predicted octanol–water partition coefficient (Wildman–Crippen LogP) is 3.67. The van der Waals surface area contributed by atoms with Gasteiger partial charge in [0.15, 0.2) is 0 Å². The van der Waals surface area contributed by atoms with E-state index in [2.05, 4.69) is 69.5 Å². The maximum atomic E-state index is 5.81. The van der Waals surface area contributed by atoms with Gasteiger partial charge in [0.2, 0.25) is 0 Å². The summed E-state index contributed by atoms with van der Waals surface area (Å²) < 4.78 is 0. The van der Waals surface area contributed by atoms with Crippen LogP contribution in [0.5, 0.6) is 0 Å². The van der Waals surface area contributed by atoms with E-state index >= 15 is 0 Å². The first-order chi connectivity index (χ1) is 9.52. The van der Waals surface area contributed by atoms with Gasteiger partial charge in [-0.1, -0.05) is 42.0 Å². The minimum absolute atomic E-state index is 0.149. The van der Waals surface area contributed by atoms with E-state index in [1.807, 2.05) is 0 Å². The highest BCUT2D eigenvalue weighted by Gasteiger charge is 2.15. The minimum Gasteiger partial charge on any atom is -0.271 e. The summed E-state index contributed by atoms with van der Waals surface area (Å²) in [6.07, 6.45) is 0.911. The smallest absolute Gasteiger partial charge is 0.0503 e. The van der Waals surface area contributed by atoms with E-state index in [9.17, 15) is 0 Å². The van der Waals surface area contributed by atoms with Gasteiger partial charge in [-0.3, -0.25) is 11.3 Å². The summed E-state index contributed by atoms with van der Waals surface area (Å²) in [6, 6.07) is 13.1. The number of aryl methyl sites for hydroxylation is 3. The molecule has 3 N–H and O–H groups in total. The maximum absolute atomic E-state index is 5.81. The molecule has 0 saturated carbocycles. The lowest BCUT2D eigenvalue weighted by molar-refractivity contribution is 0.548.